The van der Waals surface area contributed by atoms with Crippen LogP contribution in [0, 0.1) is 0 Å². The standard InChI is InChI=1S/C16H21ClN2O4/c1-2-18-14(20)4-3-5-15(21)19-13(10-16(22)23)11-6-8-12(17)9-7-11/h6-9,13H,2-5,10H2,1H3,(H,18,20)(H,19,21)(H,22,23)/t13-/m0/s1. The molecule has 1 rings (SSSR count). The Morgan fingerprint density at radius 2 is 1.74 bits per heavy atom. The molecule has 0 aliphatic heterocycles. The minimum Gasteiger partial charge on any atom is -0.481 e. The van der Waals surface area contributed by atoms with Gasteiger partial charge in [-0.3, -0.25) is 14.4 Å². The summed E-state index contributed by atoms with van der Waals surface area (Å²) < 4.78 is 0. The molecule has 1 aromatic carbocycles. The summed E-state index contributed by atoms with van der Waals surface area (Å²) in [6, 6.07) is 6.04. The predicted octanol–water partition coefficient (Wildman–Crippen LogP) is 2.28. The molecule has 0 fully saturated rings. The number of benzene rings is 1. The van der Waals surface area contributed by atoms with Crippen molar-refractivity contribution in [3.8, 4) is 0 Å². The lowest BCUT2D eigenvalue weighted by atomic mass is 10.0. The molecule has 3 N–H and O–H groups in total. The van der Waals surface area contributed by atoms with Crippen LogP contribution in [0.3, 0.4) is 0 Å². The summed E-state index contributed by atoms with van der Waals surface area (Å²) >= 11 is 5.81. The first-order valence-electron chi connectivity index (χ1n) is 7.45. The Labute approximate surface area is 140 Å². The fourth-order valence-corrected chi connectivity index (χ4v) is 2.21. The molecular weight excluding hydrogens is 320 g/mol. The number of nitrogens with one attached hydrogen (secondary N) is 2. The second-order valence-corrected chi connectivity index (χ2v) is 5.51. The van der Waals surface area contributed by atoms with Gasteiger partial charge < -0.3 is 15.7 Å². The van der Waals surface area contributed by atoms with Crippen molar-refractivity contribution in [2.45, 2.75) is 38.6 Å². The number of amides is 2. The zero-order valence-electron chi connectivity index (χ0n) is 13.0. The first-order chi connectivity index (χ1) is 10.9. The Bertz CT molecular complexity index is 546. The maximum atomic E-state index is 12.0. The number of carbonyl (C=O) groups excluding carboxylic acids is 2. The molecule has 2 amide bonds. The largest absolute Gasteiger partial charge is 0.481 e. The van der Waals surface area contributed by atoms with Crippen LogP contribution in [-0.4, -0.2) is 29.4 Å². The summed E-state index contributed by atoms with van der Waals surface area (Å²) in [5.74, 6) is -1.39. The van der Waals surface area contributed by atoms with Crippen molar-refractivity contribution in [1.29, 1.82) is 0 Å². The normalized spacial score (nSPS) is 11.6. The van der Waals surface area contributed by atoms with Gasteiger partial charge in [0.15, 0.2) is 0 Å². The Morgan fingerprint density at radius 3 is 2.30 bits per heavy atom. The average molecular weight is 341 g/mol. The molecule has 1 atom stereocenters. The van der Waals surface area contributed by atoms with E-state index in [1.807, 2.05) is 6.92 Å². The van der Waals surface area contributed by atoms with E-state index in [2.05, 4.69) is 10.6 Å². The van der Waals surface area contributed by atoms with Crippen LogP contribution in [0.1, 0.15) is 44.2 Å². The van der Waals surface area contributed by atoms with Gasteiger partial charge in [0.25, 0.3) is 0 Å². The van der Waals surface area contributed by atoms with Gasteiger partial charge in [-0.1, -0.05) is 23.7 Å². The molecule has 0 spiro atoms. The molecule has 0 aliphatic carbocycles. The molecule has 1 aromatic rings. The maximum absolute atomic E-state index is 12.0. The van der Waals surface area contributed by atoms with Gasteiger partial charge in [0.1, 0.15) is 0 Å². The molecule has 0 bridgehead atoms. The molecular formula is C16H21ClN2O4. The number of carbonyl (C=O) groups is 3. The number of halogens is 1. The smallest absolute Gasteiger partial charge is 0.305 e. The van der Waals surface area contributed by atoms with Crippen molar-refractivity contribution >= 4 is 29.4 Å². The number of carboxylic acid groups (broad SMARTS) is 1. The van der Waals surface area contributed by atoms with Crippen LogP contribution in [0.2, 0.25) is 5.02 Å². The maximum Gasteiger partial charge on any atom is 0.305 e. The summed E-state index contributed by atoms with van der Waals surface area (Å²) in [5.41, 5.74) is 0.675. The lowest BCUT2D eigenvalue weighted by Crippen LogP contribution is -2.30. The monoisotopic (exact) mass is 340 g/mol. The molecule has 126 valence electrons. The highest BCUT2D eigenvalue weighted by Gasteiger charge is 2.18. The van der Waals surface area contributed by atoms with Crippen LogP contribution < -0.4 is 10.6 Å². The van der Waals surface area contributed by atoms with E-state index in [1.54, 1.807) is 24.3 Å². The number of hydrogen-bond acceptors (Lipinski definition) is 3. The Balaban J connectivity index is 2.56. The van der Waals surface area contributed by atoms with Crippen LogP contribution in [0.5, 0.6) is 0 Å². The van der Waals surface area contributed by atoms with E-state index in [4.69, 9.17) is 16.7 Å². The molecule has 0 aliphatic rings. The number of carboxylic acids is 1. The topological polar surface area (TPSA) is 95.5 Å². The van der Waals surface area contributed by atoms with Gasteiger partial charge in [-0.2, -0.15) is 0 Å². The summed E-state index contributed by atoms with van der Waals surface area (Å²) in [6.07, 6.45) is 0.633. The van der Waals surface area contributed by atoms with Crippen LogP contribution >= 0.6 is 11.6 Å². The molecule has 7 heteroatoms. The summed E-state index contributed by atoms with van der Waals surface area (Å²) in [5, 5.41) is 14.9. The van der Waals surface area contributed by atoms with Crippen molar-refractivity contribution in [3.05, 3.63) is 34.9 Å². The van der Waals surface area contributed by atoms with Gasteiger partial charge >= 0.3 is 5.97 Å². The third-order valence-electron chi connectivity index (χ3n) is 3.17. The molecule has 23 heavy (non-hydrogen) atoms. The number of aliphatic carboxylic acids is 1. The number of hydrogen-bond donors (Lipinski definition) is 3. The van der Waals surface area contributed by atoms with E-state index in [9.17, 15) is 14.4 Å². The lowest BCUT2D eigenvalue weighted by molar-refractivity contribution is -0.137. The van der Waals surface area contributed by atoms with Gasteiger partial charge in [0.05, 0.1) is 12.5 Å². The zero-order chi connectivity index (χ0) is 17.2. The Morgan fingerprint density at radius 1 is 1.13 bits per heavy atom. The van der Waals surface area contributed by atoms with E-state index in [0.717, 1.165) is 0 Å². The van der Waals surface area contributed by atoms with E-state index in [0.29, 0.717) is 23.6 Å². The van der Waals surface area contributed by atoms with Crippen LogP contribution in [0.25, 0.3) is 0 Å². The highest BCUT2D eigenvalue weighted by atomic mass is 35.5. The van der Waals surface area contributed by atoms with Crippen molar-refractivity contribution in [1.82, 2.24) is 10.6 Å². The van der Waals surface area contributed by atoms with Crippen LogP contribution in [0.15, 0.2) is 24.3 Å². The Hall–Kier alpha value is -2.08. The van der Waals surface area contributed by atoms with E-state index in [-0.39, 0.29) is 31.1 Å². The molecule has 0 radical (unpaired) electrons. The van der Waals surface area contributed by atoms with Gasteiger partial charge in [0.2, 0.25) is 11.8 Å². The second-order valence-electron chi connectivity index (χ2n) is 5.08. The minimum atomic E-state index is -1.01. The Kier molecular flexibility index (Phi) is 8.11. The van der Waals surface area contributed by atoms with Gasteiger partial charge in [-0.15, -0.1) is 0 Å². The molecule has 0 unspecified atom stereocenters. The lowest BCUT2D eigenvalue weighted by Gasteiger charge is -2.17. The van der Waals surface area contributed by atoms with Crippen molar-refractivity contribution in [3.63, 3.8) is 0 Å². The highest BCUT2D eigenvalue weighted by molar-refractivity contribution is 6.30. The quantitative estimate of drug-likeness (QED) is 0.642. The first kappa shape index (κ1) is 19.0. The highest BCUT2D eigenvalue weighted by Crippen LogP contribution is 2.19. The van der Waals surface area contributed by atoms with E-state index >= 15 is 0 Å². The van der Waals surface area contributed by atoms with Gasteiger partial charge in [-0.25, -0.2) is 0 Å². The minimum absolute atomic E-state index is 0.0971. The summed E-state index contributed by atoms with van der Waals surface area (Å²) in [6.45, 7) is 2.38. The van der Waals surface area contributed by atoms with E-state index in [1.165, 1.54) is 0 Å². The molecule has 0 heterocycles. The fraction of sp³-hybridized carbons (Fsp3) is 0.438. The zero-order valence-corrected chi connectivity index (χ0v) is 13.7. The van der Waals surface area contributed by atoms with Crippen LogP contribution in [-0.2, 0) is 14.4 Å². The van der Waals surface area contributed by atoms with E-state index < -0.39 is 12.0 Å². The number of rotatable bonds is 9. The third-order valence-corrected chi connectivity index (χ3v) is 3.42. The van der Waals surface area contributed by atoms with Crippen molar-refractivity contribution in [2.24, 2.45) is 0 Å². The molecule has 0 aromatic heterocycles. The fourth-order valence-electron chi connectivity index (χ4n) is 2.08. The van der Waals surface area contributed by atoms with Gasteiger partial charge in [-0.05, 0) is 31.0 Å². The first-order valence-corrected chi connectivity index (χ1v) is 7.83. The van der Waals surface area contributed by atoms with Crippen molar-refractivity contribution < 1.29 is 19.5 Å². The SMILES string of the molecule is CCNC(=O)CCCC(=O)N[C@@H](CC(=O)O)c1ccc(Cl)cc1. The summed E-state index contributed by atoms with van der Waals surface area (Å²) in [4.78, 5) is 34.2. The molecule has 0 saturated carbocycles. The summed E-state index contributed by atoms with van der Waals surface area (Å²) in [7, 11) is 0. The van der Waals surface area contributed by atoms with Crippen molar-refractivity contribution in [2.75, 3.05) is 6.54 Å². The molecule has 6 nitrogen and oxygen atoms in total. The van der Waals surface area contributed by atoms with Gasteiger partial charge in [0, 0.05) is 24.4 Å². The third kappa shape index (κ3) is 7.65. The average Bonchev–Trinajstić information content (AvgIpc) is 2.47. The van der Waals surface area contributed by atoms with Crippen LogP contribution in [0.4, 0.5) is 0 Å². The predicted molar refractivity (Wildman–Crippen MR) is 87.1 cm³/mol. The second kappa shape index (κ2) is 9.84. The molecule has 0 saturated heterocycles.